The van der Waals surface area contributed by atoms with Crippen LogP contribution in [0.4, 0.5) is 0 Å². The minimum Gasteiger partial charge on any atom is -0.450 e. The molecule has 1 amide bonds. The standard InChI is InChI=1S/C17H10ClNO3/c18-10-7-5-9(6-8-10)14-13-15(20)11-3-1-2-4-12(11)22-16(13)17(21)19-14/h1-8,14H,(H,19,21). The zero-order valence-electron chi connectivity index (χ0n) is 11.3. The van der Waals surface area contributed by atoms with Crippen molar-refractivity contribution < 1.29 is 9.21 Å². The molecule has 0 fully saturated rings. The van der Waals surface area contributed by atoms with Crippen molar-refractivity contribution in [3.8, 4) is 0 Å². The topological polar surface area (TPSA) is 59.3 Å². The van der Waals surface area contributed by atoms with Crippen LogP contribution in [0.5, 0.6) is 0 Å². The van der Waals surface area contributed by atoms with Crippen molar-refractivity contribution in [1.29, 1.82) is 0 Å². The summed E-state index contributed by atoms with van der Waals surface area (Å²) in [5, 5.41) is 3.86. The number of amides is 1. The SMILES string of the molecule is O=C1NC(c2ccc(Cl)cc2)c2c1oc1ccccc1c2=O. The number of hydrogen-bond donors (Lipinski definition) is 1. The van der Waals surface area contributed by atoms with Crippen LogP contribution < -0.4 is 10.7 Å². The Morgan fingerprint density at radius 3 is 2.50 bits per heavy atom. The second kappa shape index (κ2) is 4.71. The summed E-state index contributed by atoms with van der Waals surface area (Å²) in [7, 11) is 0. The third-order valence-electron chi connectivity index (χ3n) is 3.81. The molecule has 1 aliphatic heterocycles. The van der Waals surface area contributed by atoms with E-state index in [-0.39, 0.29) is 17.1 Å². The lowest BCUT2D eigenvalue weighted by Gasteiger charge is -2.11. The van der Waals surface area contributed by atoms with Gasteiger partial charge < -0.3 is 9.73 Å². The summed E-state index contributed by atoms with van der Waals surface area (Å²) < 4.78 is 5.63. The fourth-order valence-electron chi connectivity index (χ4n) is 2.76. The second-order valence-corrected chi connectivity index (χ2v) is 5.56. The van der Waals surface area contributed by atoms with Crippen molar-refractivity contribution in [3.05, 3.63) is 80.7 Å². The van der Waals surface area contributed by atoms with E-state index >= 15 is 0 Å². The highest BCUT2D eigenvalue weighted by Gasteiger charge is 2.35. The number of nitrogens with one attached hydrogen (secondary N) is 1. The summed E-state index contributed by atoms with van der Waals surface area (Å²) in [4.78, 5) is 24.9. The van der Waals surface area contributed by atoms with E-state index in [2.05, 4.69) is 5.32 Å². The fourth-order valence-corrected chi connectivity index (χ4v) is 2.89. The molecule has 0 saturated carbocycles. The number of para-hydroxylation sites is 1. The Hall–Kier alpha value is -2.59. The summed E-state index contributed by atoms with van der Waals surface area (Å²) in [6.45, 7) is 0. The van der Waals surface area contributed by atoms with Gasteiger partial charge in [-0.1, -0.05) is 35.9 Å². The number of carbonyl (C=O) groups excluding carboxylic acids is 1. The van der Waals surface area contributed by atoms with Gasteiger partial charge in [0.2, 0.25) is 5.76 Å². The van der Waals surface area contributed by atoms with Crippen LogP contribution in [0.15, 0.2) is 57.7 Å². The molecule has 0 aliphatic carbocycles. The number of fused-ring (bicyclic) bond motifs is 2. The Morgan fingerprint density at radius 2 is 1.73 bits per heavy atom. The minimum absolute atomic E-state index is 0.0867. The molecule has 1 unspecified atom stereocenters. The molecule has 1 N–H and O–H groups in total. The van der Waals surface area contributed by atoms with Crippen LogP contribution in [0.2, 0.25) is 5.02 Å². The quantitative estimate of drug-likeness (QED) is 0.750. The molecule has 0 bridgehead atoms. The van der Waals surface area contributed by atoms with E-state index in [9.17, 15) is 9.59 Å². The van der Waals surface area contributed by atoms with Crippen LogP contribution in [0.3, 0.4) is 0 Å². The lowest BCUT2D eigenvalue weighted by molar-refractivity contribution is 0.0938. The first-order valence-electron chi connectivity index (χ1n) is 6.77. The van der Waals surface area contributed by atoms with Crippen LogP contribution in [0, 0.1) is 0 Å². The molecule has 0 spiro atoms. The molecule has 5 heteroatoms. The van der Waals surface area contributed by atoms with Crippen molar-refractivity contribution in [3.63, 3.8) is 0 Å². The molecule has 0 saturated heterocycles. The van der Waals surface area contributed by atoms with Crippen LogP contribution in [0.25, 0.3) is 11.0 Å². The van der Waals surface area contributed by atoms with Crippen molar-refractivity contribution in [2.45, 2.75) is 6.04 Å². The molecular formula is C17H10ClNO3. The molecule has 1 aromatic heterocycles. The number of halogens is 1. The van der Waals surface area contributed by atoms with E-state index < -0.39 is 6.04 Å². The van der Waals surface area contributed by atoms with Crippen LogP contribution in [-0.2, 0) is 0 Å². The average Bonchev–Trinajstić information content (AvgIpc) is 2.86. The highest BCUT2D eigenvalue weighted by molar-refractivity contribution is 6.30. The molecule has 22 heavy (non-hydrogen) atoms. The molecule has 2 aromatic carbocycles. The maximum atomic E-state index is 12.7. The van der Waals surface area contributed by atoms with Crippen molar-refractivity contribution in [2.75, 3.05) is 0 Å². The Balaban J connectivity index is 1.99. The lowest BCUT2D eigenvalue weighted by Crippen LogP contribution is -2.21. The second-order valence-electron chi connectivity index (χ2n) is 5.13. The van der Waals surface area contributed by atoms with Gasteiger partial charge in [-0.15, -0.1) is 0 Å². The Morgan fingerprint density at radius 1 is 1.00 bits per heavy atom. The average molecular weight is 312 g/mol. The molecule has 4 nitrogen and oxygen atoms in total. The van der Waals surface area contributed by atoms with Crippen molar-refractivity contribution >= 4 is 28.5 Å². The van der Waals surface area contributed by atoms with Crippen molar-refractivity contribution in [1.82, 2.24) is 5.32 Å². The van der Waals surface area contributed by atoms with Gasteiger partial charge in [-0.2, -0.15) is 0 Å². The number of rotatable bonds is 1. The lowest BCUT2D eigenvalue weighted by atomic mass is 9.99. The third-order valence-corrected chi connectivity index (χ3v) is 4.06. The van der Waals surface area contributed by atoms with Gasteiger partial charge in [0.15, 0.2) is 5.43 Å². The molecular weight excluding hydrogens is 302 g/mol. The van der Waals surface area contributed by atoms with E-state index in [0.29, 0.717) is 21.6 Å². The molecule has 1 aliphatic rings. The zero-order chi connectivity index (χ0) is 15.3. The van der Waals surface area contributed by atoms with Crippen LogP contribution in [-0.4, -0.2) is 5.91 Å². The zero-order valence-corrected chi connectivity index (χ0v) is 12.1. The normalized spacial score (nSPS) is 16.6. The molecule has 1 atom stereocenters. The molecule has 2 heterocycles. The first-order valence-corrected chi connectivity index (χ1v) is 7.15. The molecule has 4 rings (SSSR count). The van der Waals surface area contributed by atoms with Crippen LogP contribution >= 0.6 is 11.6 Å². The number of hydrogen-bond acceptors (Lipinski definition) is 3. The first kappa shape index (κ1) is 13.1. The highest BCUT2D eigenvalue weighted by Crippen LogP contribution is 2.31. The van der Waals surface area contributed by atoms with Crippen molar-refractivity contribution in [2.24, 2.45) is 0 Å². The van der Waals surface area contributed by atoms with E-state index in [1.54, 1.807) is 48.5 Å². The van der Waals surface area contributed by atoms with Gasteiger partial charge in [0.05, 0.1) is 17.0 Å². The van der Waals surface area contributed by atoms with E-state index in [1.807, 2.05) is 0 Å². The maximum absolute atomic E-state index is 12.7. The van der Waals surface area contributed by atoms with Crippen LogP contribution in [0.1, 0.15) is 27.7 Å². The molecule has 3 aromatic rings. The Bertz CT molecular complexity index is 960. The fraction of sp³-hybridized carbons (Fsp3) is 0.0588. The summed E-state index contributed by atoms with van der Waals surface area (Å²) in [6.07, 6.45) is 0. The van der Waals surface area contributed by atoms with E-state index in [4.69, 9.17) is 16.0 Å². The van der Waals surface area contributed by atoms with Gasteiger partial charge in [0.1, 0.15) is 5.58 Å². The van der Waals surface area contributed by atoms with Gasteiger partial charge in [-0.05, 0) is 29.8 Å². The largest absolute Gasteiger partial charge is 0.450 e. The highest BCUT2D eigenvalue weighted by atomic mass is 35.5. The molecule has 0 radical (unpaired) electrons. The Labute approximate surface area is 130 Å². The van der Waals surface area contributed by atoms with E-state index in [1.165, 1.54) is 0 Å². The van der Waals surface area contributed by atoms with Gasteiger partial charge >= 0.3 is 0 Å². The molecule has 108 valence electrons. The predicted octanol–water partition coefficient (Wildman–Crippen LogP) is 3.28. The summed E-state index contributed by atoms with van der Waals surface area (Å²) in [6, 6.07) is 13.4. The van der Waals surface area contributed by atoms with E-state index in [0.717, 1.165) is 5.56 Å². The minimum atomic E-state index is -0.513. The smallest absolute Gasteiger partial charge is 0.288 e. The van der Waals surface area contributed by atoms with Gasteiger partial charge in [-0.3, -0.25) is 9.59 Å². The first-order chi connectivity index (χ1) is 10.6. The number of carbonyl (C=O) groups is 1. The summed E-state index contributed by atoms with van der Waals surface area (Å²) >= 11 is 5.89. The third kappa shape index (κ3) is 1.84. The predicted molar refractivity (Wildman–Crippen MR) is 83.2 cm³/mol. The van der Waals surface area contributed by atoms with Gasteiger partial charge in [0.25, 0.3) is 5.91 Å². The number of benzene rings is 2. The van der Waals surface area contributed by atoms with Gasteiger partial charge in [0, 0.05) is 5.02 Å². The monoisotopic (exact) mass is 311 g/mol. The maximum Gasteiger partial charge on any atom is 0.288 e. The van der Waals surface area contributed by atoms with Gasteiger partial charge in [-0.25, -0.2) is 0 Å². The summed E-state index contributed by atoms with van der Waals surface area (Å²) in [5.41, 5.74) is 1.37. The Kier molecular flexibility index (Phi) is 2.81. The summed E-state index contributed by atoms with van der Waals surface area (Å²) in [5.74, 6) is -0.290.